The van der Waals surface area contributed by atoms with E-state index in [1.165, 1.54) is 0 Å². The number of alkyl halides is 3. The third kappa shape index (κ3) is 2.04. The summed E-state index contributed by atoms with van der Waals surface area (Å²) in [5, 5.41) is 0. The fraction of sp³-hybridized carbons (Fsp3) is 1.00. The van der Waals surface area contributed by atoms with Gasteiger partial charge in [-0.15, -0.1) is 0 Å². The molecule has 0 amide bonds. The second kappa shape index (κ2) is 2.51. The number of rotatable bonds is 2. The van der Waals surface area contributed by atoms with Crippen LogP contribution in [0.2, 0.25) is 0 Å². The highest BCUT2D eigenvalue weighted by atomic mass is 35.7. The molecule has 1 fully saturated rings. The van der Waals surface area contributed by atoms with Crippen LogP contribution in [-0.2, 0) is 9.05 Å². The van der Waals surface area contributed by atoms with Gasteiger partial charge in [-0.05, 0) is 12.8 Å². The maximum Gasteiger partial charge on any atom is 0.390 e. The zero-order valence-electron chi connectivity index (χ0n) is 5.86. The largest absolute Gasteiger partial charge is 0.390 e. The fourth-order valence-corrected chi connectivity index (χ4v) is 2.56. The molecule has 72 valence electrons. The minimum atomic E-state index is -4.46. The normalized spacial score (nSPS) is 22.3. The summed E-state index contributed by atoms with van der Waals surface area (Å²) in [6.45, 7) is 0. The predicted octanol–water partition coefficient (Wildman–Crippen LogP) is 2.04. The molecule has 0 radical (unpaired) electrons. The zero-order valence-corrected chi connectivity index (χ0v) is 7.43. The molecule has 0 aromatic rings. The van der Waals surface area contributed by atoms with Crippen molar-refractivity contribution in [2.45, 2.75) is 30.2 Å². The molecule has 0 spiro atoms. The maximum atomic E-state index is 11.8. The van der Waals surface area contributed by atoms with Gasteiger partial charge in [0.2, 0.25) is 9.05 Å². The van der Waals surface area contributed by atoms with Crippen molar-refractivity contribution in [3.63, 3.8) is 0 Å². The molecule has 0 aromatic heterocycles. The Balaban J connectivity index is 2.77. The van der Waals surface area contributed by atoms with E-state index < -0.39 is 26.4 Å². The number of halogens is 4. The van der Waals surface area contributed by atoms with Gasteiger partial charge in [0.1, 0.15) is 0 Å². The maximum absolute atomic E-state index is 11.8. The van der Waals surface area contributed by atoms with E-state index in [1.54, 1.807) is 0 Å². The van der Waals surface area contributed by atoms with Crippen molar-refractivity contribution in [1.82, 2.24) is 0 Å². The second-order valence-corrected chi connectivity index (χ2v) is 5.87. The molecular weight excluding hydrogens is 217 g/mol. The Kier molecular flexibility index (Phi) is 2.11. The average molecular weight is 223 g/mol. The molecule has 0 aliphatic heterocycles. The summed E-state index contributed by atoms with van der Waals surface area (Å²) in [7, 11) is 0.793. The van der Waals surface area contributed by atoms with E-state index in [1.807, 2.05) is 0 Å². The fourth-order valence-electron chi connectivity index (χ4n) is 1.01. The van der Waals surface area contributed by atoms with E-state index in [4.69, 9.17) is 10.7 Å². The van der Waals surface area contributed by atoms with Crippen molar-refractivity contribution in [3.05, 3.63) is 0 Å². The van der Waals surface area contributed by atoms with Crippen LogP contribution in [0.25, 0.3) is 0 Å². The van der Waals surface area contributed by atoms with Gasteiger partial charge in [-0.25, -0.2) is 8.42 Å². The first-order valence-corrected chi connectivity index (χ1v) is 5.48. The minimum absolute atomic E-state index is 0.0122. The van der Waals surface area contributed by atoms with Crippen molar-refractivity contribution in [2.24, 2.45) is 0 Å². The second-order valence-electron chi connectivity index (χ2n) is 2.91. The summed E-state index contributed by atoms with van der Waals surface area (Å²) >= 11 is 0. The smallest absolute Gasteiger partial charge is 0.212 e. The molecule has 0 heterocycles. The lowest BCUT2D eigenvalue weighted by atomic mass is 10.3. The van der Waals surface area contributed by atoms with Crippen molar-refractivity contribution < 1.29 is 21.6 Å². The SMILES string of the molecule is O=S(=O)(Cl)C1(CC(F)(F)F)CC1. The van der Waals surface area contributed by atoms with E-state index in [0.29, 0.717) is 0 Å². The summed E-state index contributed by atoms with van der Waals surface area (Å²) in [6, 6.07) is 0. The Morgan fingerprint density at radius 2 is 1.75 bits per heavy atom. The van der Waals surface area contributed by atoms with E-state index in [0.717, 1.165) is 0 Å². The Morgan fingerprint density at radius 1 is 1.33 bits per heavy atom. The molecule has 0 saturated heterocycles. The topological polar surface area (TPSA) is 34.1 Å². The Labute approximate surface area is 72.1 Å². The molecule has 0 atom stereocenters. The summed E-state index contributed by atoms with van der Waals surface area (Å²) in [5.41, 5.74) is 0. The molecule has 12 heavy (non-hydrogen) atoms. The standard InChI is InChI=1S/C5H6ClF3O2S/c6-12(10,11)4(1-2-4)3-5(7,8)9/h1-3H2. The highest BCUT2D eigenvalue weighted by Crippen LogP contribution is 2.52. The van der Waals surface area contributed by atoms with E-state index in [-0.39, 0.29) is 12.8 Å². The first kappa shape index (κ1) is 10.1. The molecule has 0 aromatic carbocycles. The molecule has 7 heteroatoms. The molecule has 2 nitrogen and oxygen atoms in total. The van der Waals surface area contributed by atoms with Crippen LogP contribution < -0.4 is 0 Å². The Hall–Kier alpha value is 0.0300. The minimum Gasteiger partial charge on any atom is -0.212 e. The quantitative estimate of drug-likeness (QED) is 0.670. The van der Waals surface area contributed by atoms with E-state index in [9.17, 15) is 21.6 Å². The molecule has 1 saturated carbocycles. The molecule has 1 rings (SSSR count). The van der Waals surface area contributed by atoms with Crippen LogP contribution in [-0.4, -0.2) is 19.3 Å². The van der Waals surface area contributed by atoms with E-state index >= 15 is 0 Å². The van der Waals surface area contributed by atoms with Gasteiger partial charge in [0.05, 0.1) is 11.2 Å². The lowest BCUT2D eigenvalue weighted by Gasteiger charge is -2.13. The summed E-state index contributed by atoms with van der Waals surface area (Å²) in [6.07, 6.45) is -5.76. The van der Waals surface area contributed by atoms with Crippen LogP contribution in [0, 0.1) is 0 Å². The van der Waals surface area contributed by atoms with Crippen LogP contribution in [0.15, 0.2) is 0 Å². The van der Waals surface area contributed by atoms with Crippen LogP contribution in [0.5, 0.6) is 0 Å². The predicted molar refractivity (Wildman–Crippen MR) is 37.4 cm³/mol. The zero-order chi connectivity index (χ0) is 9.62. The Morgan fingerprint density at radius 3 is 1.83 bits per heavy atom. The van der Waals surface area contributed by atoms with Gasteiger partial charge >= 0.3 is 6.18 Å². The number of hydrogen-bond acceptors (Lipinski definition) is 2. The average Bonchev–Trinajstić information content (AvgIpc) is 2.39. The van der Waals surface area contributed by atoms with E-state index in [2.05, 4.69) is 0 Å². The van der Waals surface area contributed by atoms with Crippen LogP contribution in [0.3, 0.4) is 0 Å². The lowest BCUT2D eigenvalue weighted by Crippen LogP contribution is -2.26. The van der Waals surface area contributed by atoms with Gasteiger partial charge in [0.25, 0.3) is 0 Å². The molecule has 0 N–H and O–H groups in total. The highest BCUT2D eigenvalue weighted by Gasteiger charge is 2.59. The van der Waals surface area contributed by atoms with Crippen LogP contribution in [0.1, 0.15) is 19.3 Å². The number of hydrogen-bond donors (Lipinski definition) is 0. The third-order valence-electron chi connectivity index (χ3n) is 1.85. The summed E-state index contributed by atoms with van der Waals surface area (Å²) < 4.78 is 55.0. The van der Waals surface area contributed by atoms with Gasteiger partial charge in [-0.1, -0.05) is 0 Å². The molecular formula is C5H6ClF3O2S. The van der Waals surface area contributed by atoms with Gasteiger partial charge in [-0.2, -0.15) is 13.2 Å². The molecule has 1 aliphatic rings. The van der Waals surface area contributed by atoms with Crippen molar-refractivity contribution in [1.29, 1.82) is 0 Å². The van der Waals surface area contributed by atoms with Gasteiger partial charge in [-0.3, -0.25) is 0 Å². The molecule has 0 bridgehead atoms. The summed E-state index contributed by atoms with van der Waals surface area (Å²) in [5.74, 6) is 0. The first-order chi connectivity index (χ1) is 5.16. The van der Waals surface area contributed by atoms with Crippen molar-refractivity contribution >= 4 is 19.7 Å². The Bertz CT molecular complexity index is 278. The monoisotopic (exact) mass is 222 g/mol. The van der Waals surface area contributed by atoms with Gasteiger partial charge in [0.15, 0.2) is 0 Å². The van der Waals surface area contributed by atoms with Gasteiger partial charge in [0, 0.05) is 10.7 Å². The van der Waals surface area contributed by atoms with Crippen LogP contribution >= 0.6 is 10.7 Å². The lowest BCUT2D eigenvalue weighted by molar-refractivity contribution is -0.136. The third-order valence-corrected chi connectivity index (χ3v) is 4.42. The molecule has 0 unspecified atom stereocenters. The van der Waals surface area contributed by atoms with Crippen molar-refractivity contribution in [2.75, 3.05) is 0 Å². The van der Waals surface area contributed by atoms with Crippen LogP contribution in [0.4, 0.5) is 13.2 Å². The highest BCUT2D eigenvalue weighted by molar-refractivity contribution is 8.15. The van der Waals surface area contributed by atoms with Crippen molar-refractivity contribution in [3.8, 4) is 0 Å². The summed E-state index contributed by atoms with van der Waals surface area (Å²) in [4.78, 5) is 0. The molecule has 1 aliphatic carbocycles. The van der Waals surface area contributed by atoms with Gasteiger partial charge < -0.3 is 0 Å². The first-order valence-electron chi connectivity index (χ1n) is 3.17.